The van der Waals surface area contributed by atoms with Crippen LogP contribution in [-0.2, 0) is 0 Å². The van der Waals surface area contributed by atoms with Crippen molar-refractivity contribution in [2.75, 3.05) is 0 Å². The Kier molecular flexibility index (Phi) is 9.44. The molecule has 0 saturated carbocycles. The van der Waals surface area contributed by atoms with Crippen LogP contribution in [0.5, 0.6) is 0 Å². The Bertz CT molecular complexity index is 1930. The van der Waals surface area contributed by atoms with Crippen molar-refractivity contribution >= 4 is 36.5 Å². The number of benzene rings is 7. The zero-order chi connectivity index (χ0) is 32.4. The highest BCUT2D eigenvalue weighted by molar-refractivity contribution is 5.91. The van der Waals surface area contributed by atoms with E-state index in [4.69, 9.17) is 0 Å². The van der Waals surface area contributed by atoms with Gasteiger partial charge in [0, 0.05) is 0 Å². The van der Waals surface area contributed by atoms with E-state index >= 15 is 0 Å². The van der Waals surface area contributed by atoms with Crippen molar-refractivity contribution in [2.45, 2.75) is 0 Å². The molecular weight excluding hydrogens is 577 g/mol. The molecule has 0 heterocycles. The Labute approximate surface area is 284 Å². The second-order valence-electron chi connectivity index (χ2n) is 11.8. The van der Waals surface area contributed by atoms with Crippen LogP contribution in [0.4, 0.5) is 0 Å². The third-order valence-electron chi connectivity index (χ3n) is 8.51. The summed E-state index contributed by atoms with van der Waals surface area (Å²) >= 11 is 0. The summed E-state index contributed by atoms with van der Waals surface area (Å²) in [7, 11) is 0. The second kappa shape index (κ2) is 14.9. The first-order valence-corrected chi connectivity index (χ1v) is 16.4. The molecule has 0 fully saturated rings. The maximum Gasteiger partial charge on any atom is -0.0111 e. The van der Waals surface area contributed by atoms with Crippen LogP contribution in [0.1, 0.15) is 33.4 Å². The minimum absolute atomic E-state index is 1.18. The fourth-order valence-corrected chi connectivity index (χ4v) is 6.06. The normalized spacial score (nSPS) is 11.5. The van der Waals surface area contributed by atoms with Crippen molar-refractivity contribution in [2.24, 2.45) is 0 Å². The van der Waals surface area contributed by atoms with Gasteiger partial charge in [-0.05, 0) is 85.0 Å². The van der Waals surface area contributed by atoms with E-state index in [9.17, 15) is 0 Å². The summed E-state index contributed by atoms with van der Waals surface area (Å²) in [5.74, 6) is 0. The van der Waals surface area contributed by atoms with Crippen molar-refractivity contribution in [1.29, 1.82) is 0 Å². The van der Waals surface area contributed by atoms with Gasteiger partial charge in [-0.25, -0.2) is 0 Å². The molecule has 48 heavy (non-hydrogen) atoms. The predicted octanol–water partition coefficient (Wildman–Crippen LogP) is 13.2. The first-order chi connectivity index (χ1) is 23.8. The van der Waals surface area contributed by atoms with Gasteiger partial charge >= 0.3 is 0 Å². The van der Waals surface area contributed by atoms with Crippen molar-refractivity contribution in [1.82, 2.24) is 0 Å². The van der Waals surface area contributed by atoms with Gasteiger partial charge in [-0.2, -0.15) is 0 Å². The van der Waals surface area contributed by atoms with Crippen molar-refractivity contribution in [3.8, 4) is 33.4 Å². The molecule has 0 bridgehead atoms. The third kappa shape index (κ3) is 7.41. The van der Waals surface area contributed by atoms with E-state index in [0.717, 1.165) is 0 Å². The van der Waals surface area contributed by atoms with Crippen LogP contribution in [0.3, 0.4) is 0 Å². The maximum absolute atomic E-state index is 2.34. The lowest BCUT2D eigenvalue weighted by atomic mass is 9.88. The van der Waals surface area contributed by atoms with Crippen LogP contribution in [0.25, 0.3) is 69.8 Å². The zero-order valence-electron chi connectivity index (χ0n) is 26.8. The average molecular weight is 613 g/mol. The topological polar surface area (TPSA) is 0 Å². The second-order valence-corrected chi connectivity index (χ2v) is 11.8. The van der Waals surface area contributed by atoms with Crippen molar-refractivity contribution < 1.29 is 0 Å². The van der Waals surface area contributed by atoms with Gasteiger partial charge in [-0.15, -0.1) is 0 Å². The SMILES string of the molecule is C(=Cc1ccccc1-c1cc(-c2ccccc2C=Cc2ccccc2)cc(-c2ccccc2C=Cc2ccccc2)c1)c1ccccc1. The molecule has 0 unspecified atom stereocenters. The highest BCUT2D eigenvalue weighted by Gasteiger charge is 2.13. The van der Waals surface area contributed by atoms with Crippen molar-refractivity contribution in [3.05, 3.63) is 215 Å². The molecule has 0 aromatic heterocycles. The number of hydrogen-bond donors (Lipinski definition) is 0. The van der Waals surface area contributed by atoms with E-state index in [1.165, 1.54) is 66.8 Å². The van der Waals surface area contributed by atoms with Gasteiger partial charge in [0.15, 0.2) is 0 Å². The zero-order valence-corrected chi connectivity index (χ0v) is 26.8. The molecule has 0 radical (unpaired) electrons. The van der Waals surface area contributed by atoms with Crippen LogP contribution in [0.2, 0.25) is 0 Å². The molecule has 0 atom stereocenters. The summed E-state index contributed by atoms with van der Waals surface area (Å²) in [4.78, 5) is 0. The number of rotatable bonds is 9. The quantitative estimate of drug-likeness (QED) is 0.142. The summed E-state index contributed by atoms with van der Waals surface area (Å²) in [6, 6.07) is 64.5. The summed E-state index contributed by atoms with van der Waals surface area (Å²) in [5.41, 5.74) is 14.2. The molecule has 0 heteroatoms. The van der Waals surface area contributed by atoms with Crippen molar-refractivity contribution in [3.63, 3.8) is 0 Å². The Morgan fingerprint density at radius 1 is 0.229 bits per heavy atom. The smallest absolute Gasteiger partial charge is 0.0111 e. The van der Waals surface area contributed by atoms with E-state index in [1.807, 2.05) is 0 Å². The van der Waals surface area contributed by atoms with E-state index in [-0.39, 0.29) is 0 Å². The molecule has 228 valence electrons. The summed E-state index contributed by atoms with van der Waals surface area (Å²) < 4.78 is 0. The minimum atomic E-state index is 1.18. The Hall–Kier alpha value is -6.24. The minimum Gasteiger partial charge on any atom is -0.0622 e. The van der Waals surface area contributed by atoms with E-state index in [0.29, 0.717) is 0 Å². The molecule has 0 spiro atoms. The third-order valence-corrected chi connectivity index (χ3v) is 8.51. The van der Waals surface area contributed by atoms with Gasteiger partial charge in [-0.3, -0.25) is 0 Å². The van der Waals surface area contributed by atoms with Gasteiger partial charge < -0.3 is 0 Å². The molecule has 0 aliphatic carbocycles. The van der Waals surface area contributed by atoms with Crippen LogP contribution >= 0.6 is 0 Å². The largest absolute Gasteiger partial charge is 0.0622 e. The van der Waals surface area contributed by atoms with Gasteiger partial charge in [0.1, 0.15) is 0 Å². The molecule has 7 aromatic carbocycles. The first-order valence-electron chi connectivity index (χ1n) is 16.4. The summed E-state index contributed by atoms with van der Waals surface area (Å²) in [6.07, 6.45) is 13.3. The van der Waals surface area contributed by atoms with E-state index in [1.54, 1.807) is 0 Å². The lowest BCUT2D eigenvalue weighted by molar-refractivity contribution is 1.54. The van der Waals surface area contributed by atoms with Gasteiger partial charge in [0.05, 0.1) is 0 Å². The van der Waals surface area contributed by atoms with Crippen LogP contribution in [0.15, 0.2) is 182 Å². The maximum atomic E-state index is 2.34. The van der Waals surface area contributed by atoms with Crippen LogP contribution in [0, 0.1) is 0 Å². The molecule has 0 N–H and O–H groups in total. The average Bonchev–Trinajstić information content (AvgIpc) is 3.17. The number of hydrogen-bond acceptors (Lipinski definition) is 0. The summed E-state index contributed by atoms with van der Waals surface area (Å²) in [5, 5.41) is 0. The molecule has 0 amide bonds. The van der Waals surface area contributed by atoms with Gasteiger partial charge in [-0.1, -0.05) is 200 Å². The van der Waals surface area contributed by atoms with Gasteiger partial charge in [0.25, 0.3) is 0 Å². The Balaban J connectivity index is 1.38. The highest BCUT2D eigenvalue weighted by Crippen LogP contribution is 2.37. The van der Waals surface area contributed by atoms with E-state index in [2.05, 4.69) is 218 Å². The molecule has 0 saturated heterocycles. The van der Waals surface area contributed by atoms with Crippen LogP contribution in [-0.4, -0.2) is 0 Å². The molecule has 0 nitrogen and oxygen atoms in total. The Morgan fingerprint density at radius 2 is 0.479 bits per heavy atom. The molecule has 7 aromatic rings. The Morgan fingerprint density at radius 3 is 0.771 bits per heavy atom. The molecule has 7 rings (SSSR count). The monoisotopic (exact) mass is 612 g/mol. The highest BCUT2D eigenvalue weighted by atomic mass is 14.2. The predicted molar refractivity (Wildman–Crippen MR) is 209 cm³/mol. The molecule has 0 aliphatic heterocycles. The standard InChI is InChI=1S/C48H36/c1-4-16-37(17-5-1)28-31-40-22-10-13-25-46(40)43-34-44(47-26-14-11-23-41(47)32-29-38-18-6-2-7-19-38)36-45(35-43)48-27-15-12-24-42(48)33-30-39-20-8-3-9-21-39/h1-36H. The molecule has 0 aliphatic rings. The summed E-state index contributed by atoms with van der Waals surface area (Å²) in [6.45, 7) is 0. The molecular formula is C48H36. The fraction of sp³-hybridized carbons (Fsp3) is 0. The van der Waals surface area contributed by atoms with Gasteiger partial charge in [0.2, 0.25) is 0 Å². The lowest BCUT2D eigenvalue weighted by Crippen LogP contribution is -1.91. The lowest BCUT2D eigenvalue weighted by Gasteiger charge is -2.16. The van der Waals surface area contributed by atoms with E-state index < -0.39 is 0 Å². The first kappa shape index (κ1) is 30.4. The van der Waals surface area contributed by atoms with Crippen LogP contribution < -0.4 is 0 Å². The fourth-order valence-electron chi connectivity index (χ4n) is 6.06.